The molecule has 1 aliphatic rings. The molecule has 1 fully saturated rings. The van der Waals surface area contributed by atoms with Gasteiger partial charge in [0.1, 0.15) is 5.69 Å². The molecule has 1 atom stereocenters. The van der Waals surface area contributed by atoms with Crippen LogP contribution in [0.1, 0.15) is 22.6 Å². The zero-order chi connectivity index (χ0) is 12.6. The van der Waals surface area contributed by atoms with Gasteiger partial charge in [0.05, 0.1) is 18.1 Å². The fraction of sp³-hybridized carbons (Fsp3) is 0.545. The van der Waals surface area contributed by atoms with Crippen LogP contribution in [-0.4, -0.2) is 45.9 Å². The fourth-order valence-corrected chi connectivity index (χ4v) is 2.09. The molecule has 0 aliphatic carbocycles. The predicted octanol–water partition coefficient (Wildman–Crippen LogP) is -0.311. The van der Waals surface area contributed by atoms with E-state index < -0.39 is 0 Å². The van der Waals surface area contributed by atoms with E-state index in [1.807, 2.05) is 0 Å². The molecule has 2 amide bonds. The minimum atomic E-state index is -0.171. The van der Waals surface area contributed by atoms with Crippen LogP contribution in [0, 0.1) is 6.92 Å². The van der Waals surface area contributed by atoms with Crippen LogP contribution in [0.4, 0.5) is 0 Å². The summed E-state index contributed by atoms with van der Waals surface area (Å²) in [6, 6.07) is -0.103. The molecule has 0 saturated carbocycles. The summed E-state index contributed by atoms with van der Waals surface area (Å²) in [5.74, 6) is -0.104. The third kappa shape index (κ3) is 2.15. The van der Waals surface area contributed by atoms with E-state index >= 15 is 0 Å². The number of aryl methyl sites for hydroxylation is 2. The summed E-state index contributed by atoms with van der Waals surface area (Å²) >= 11 is 0. The van der Waals surface area contributed by atoms with Gasteiger partial charge in [0.2, 0.25) is 5.91 Å². The van der Waals surface area contributed by atoms with E-state index in [0.29, 0.717) is 24.4 Å². The van der Waals surface area contributed by atoms with E-state index in [9.17, 15) is 9.59 Å². The molecule has 0 bridgehead atoms. The Hall–Kier alpha value is -1.85. The van der Waals surface area contributed by atoms with Gasteiger partial charge in [-0.15, -0.1) is 0 Å². The van der Waals surface area contributed by atoms with E-state index in [0.717, 1.165) is 0 Å². The van der Waals surface area contributed by atoms with Crippen molar-refractivity contribution in [3.05, 3.63) is 17.7 Å². The van der Waals surface area contributed by atoms with Crippen LogP contribution in [0.2, 0.25) is 0 Å². The van der Waals surface area contributed by atoms with Crippen molar-refractivity contribution in [2.75, 3.05) is 13.6 Å². The Morgan fingerprint density at radius 3 is 2.71 bits per heavy atom. The largest absolute Gasteiger partial charge is 0.346 e. The first-order valence-electron chi connectivity index (χ1n) is 5.51. The lowest BCUT2D eigenvalue weighted by molar-refractivity contribution is -0.126. The van der Waals surface area contributed by atoms with E-state index in [2.05, 4.69) is 10.3 Å². The summed E-state index contributed by atoms with van der Waals surface area (Å²) < 4.78 is 1.69. The number of carbonyl (C=O) groups is 2. The molecule has 1 N–H and O–H groups in total. The third-order valence-corrected chi connectivity index (χ3v) is 3.01. The van der Waals surface area contributed by atoms with Gasteiger partial charge in [0.25, 0.3) is 5.91 Å². The van der Waals surface area contributed by atoms with Gasteiger partial charge in [-0.25, -0.2) is 4.98 Å². The van der Waals surface area contributed by atoms with Crippen molar-refractivity contribution < 1.29 is 9.59 Å². The highest BCUT2D eigenvalue weighted by Crippen LogP contribution is 2.10. The maximum absolute atomic E-state index is 12.0. The number of hydrogen-bond acceptors (Lipinski definition) is 3. The van der Waals surface area contributed by atoms with Crippen LogP contribution in [0.15, 0.2) is 6.33 Å². The number of nitrogens with zero attached hydrogens (tertiary/aromatic N) is 3. The smallest absolute Gasteiger partial charge is 0.270 e. The second kappa shape index (κ2) is 4.20. The molecule has 0 spiro atoms. The number of nitrogens with one attached hydrogen (secondary N) is 1. The molecule has 2 rings (SSSR count). The molecular weight excluding hydrogens is 220 g/mol. The number of hydrogen-bond donors (Lipinski definition) is 1. The molecule has 17 heavy (non-hydrogen) atoms. The minimum Gasteiger partial charge on any atom is -0.346 e. The number of rotatable bonds is 2. The Morgan fingerprint density at radius 2 is 2.24 bits per heavy atom. The number of imidazole rings is 1. The Balaban J connectivity index is 2.06. The number of likely N-dealkylation sites (tertiary alicyclic amines) is 1. The average molecular weight is 236 g/mol. The molecule has 0 radical (unpaired) electrons. The highest BCUT2D eigenvalue weighted by Gasteiger charge is 2.29. The minimum absolute atomic E-state index is 0.0667. The lowest BCUT2D eigenvalue weighted by atomic mass is 10.2. The molecule has 1 saturated heterocycles. The summed E-state index contributed by atoms with van der Waals surface area (Å²) in [5.41, 5.74) is 1.25. The average Bonchev–Trinajstić information content (AvgIpc) is 2.72. The predicted molar refractivity (Wildman–Crippen MR) is 61.5 cm³/mol. The highest BCUT2D eigenvalue weighted by molar-refractivity contribution is 5.94. The van der Waals surface area contributed by atoms with Gasteiger partial charge in [-0.1, -0.05) is 0 Å². The summed E-state index contributed by atoms with van der Waals surface area (Å²) in [7, 11) is 3.52. The number of aromatic nitrogens is 2. The van der Waals surface area contributed by atoms with Crippen LogP contribution in [0.5, 0.6) is 0 Å². The van der Waals surface area contributed by atoms with Crippen LogP contribution in [-0.2, 0) is 11.8 Å². The number of likely N-dealkylation sites (N-methyl/N-ethyl adjacent to an activating group) is 1. The molecular formula is C11H16N4O2. The topological polar surface area (TPSA) is 67.2 Å². The quantitative estimate of drug-likeness (QED) is 0.766. The normalized spacial score (nSPS) is 19.8. The molecule has 92 valence electrons. The molecule has 6 nitrogen and oxygen atoms in total. The first kappa shape index (κ1) is 11.6. The van der Waals surface area contributed by atoms with Gasteiger partial charge in [-0.2, -0.15) is 0 Å². The summed E-state index contributed by atoms with van der Waals surface area (Å²) in [5, 5.41) is 2.86. The first-order chi connectivity index (χ1) is 7.99. The third-order valence-electron chi connectivity index (χ3n) is 3.01. The van der Waals surface area contributed by atoms with Gasteiger partial charge < -0.3 is 14.8 Å². The Morgan fingerprint density at radius 1 is 1.53 bits per heavy atom. The fourth-order valence-electron chi connectivity index (χ4n) is 2.09. The molecule has 6 heteroatoms. The van der Waals surface area contributed by atoms with E-state index in [4.69, 9.17) is 0 Å². The monoisotopic (exact) mass is 236 g/mol. The zero-order valence-electron chi connectivity index (χ0n) is 10.2. The molecule has 1 unspecified atom stereocenters. The van der Waals surface area contributed by atoms with Crippen molar-refractivity contribution in [1.82, 2.24) is 19.8 Å². The lowest BCUT2D eigenvalue weighted by Gasteiger charge is -2.12. The maximum Gasteiger partial charge on any atom is 0.270 e. The second-order valence-corrected chi connectivity index (χ2v) is 4.44. The summed E-state index contributed by atoms with van der Waals surface area (Å²) in [4.78, 5) is 29.1. The molecule has 1 aliphatic heterocycles. The van der Waals surface area contributed by atoms with Crippen LogP contribution < -0.4 is 5.32 Å². The van der Waals surface area contributed by atoms with Crippen molar-refractivity contribution >= 4 is 11.8 Å². The SMILES string of the molecule is Cc1ncn(C)c1C(=O)NC1CC(=O)N(C)C1. The Kier molecular flexibility index (Phi) is 2.87. The highest BCUT2D eigenvalue weighted by atomic mass is 16.2. The lowest BCUT2D eigenvalue weighted by Crippen LogP contribution is -2.37. The molecule has 0 aromatic carbocycles. The number of amides is 2. The van der Waals surface area contributed by atoms with Crippen molar-refractivity contribution in [3.63, 3.8) is 0 Å². The van der Waals surface area contributed by atoms with Crippen molar-refractivity contribution in [2.24, 2.45) is 7.05 Å². The van der Waals surface area contributed by atoms with Crippen molar-refractivity contribution in [2.45, 2.75) is 19.4 Å². The molecule has 1 aromatic rings. The van der Waals surface area contributed by atoms with Gasteiger partial charge in [0.15, 0.2) is 0 Å². The standard InChI is InChI=1S/C11H16N4O2/c1-7-10(15(3)6-12-7)11(17)13-8-4-9(16)14(2)5-8/h6,8H,4-5H2,1-3H3,(H,13,17). The van der Waals surface area contributed by atoms with E-state index in [-0.39, 0.29) is 17.9 Å². The van der Waals surface area contributed by atoms with Crippen LogP contribution in [0.3, 0.4) is 0 Å². The van der Waals surface area contributed by atoms with E-state index in [1.54, 1.807) is 36.8 Å². The van der Waals surface area contributed by atoms with Crippen LogP contribution >= 0.6 is 0 Å². The number of carbonyl (C=O) groups excluding carboxylic acids is 2. The Bertz CT molecular complexity index is 447. The van der Waals surface area contributed by atoms with Gasteiger partial charge in [-0.3, -0.25) is 9.59 Å². The van der Waals surface area contributed by atoms with Gasteiger partial charge in [0, 0.05) is 27.1 Å². The maximum atomic E-state index is 12.0. The van der Waals surface area contributed by atoms with Crippen molar-refractivity contribution in [1.29, 1.82) is 0 Å². The van der Waals surface area contributed by atoms with E-state index in [1.165, 1.54) is 0 Å². The molecule has 1 aromatic heterocycles. The first-order valence-corrected chi connectivity index (χ1v) is 5.51. The van der Waals surface area contributed by atoms with Gasteiger partial charge in [-0.05, 0) is 6.92 Å². The summed E-state index contributed by atoms with van der Waals surface area (Å²) in [6.07, 6.45) is 1.98. The second-order valence-electron chi connectivity index (χ2n) is 4.44. The van der Waals surface area contributed by atoms with Crippen molar-refractivity contribution in [3.8, 4) is 0 Å². The molecule has 2 heterocycles. The Labute approximate surface area is 99.6 Å². The summed E-state index contributed by atoms with van der Waals surface area (Å²) in [6.45, 7) is 2.36. The zero-order valence-corrected chi connectivity index (χ0v) is 10.2. The van der Waals surface area contributed by atoms with Crippen LogP contribution in [0.25, 0.3) is 0 Å². The van der Waals surface area contributed by atoms with Gasteiger partial charge >= 0.3 is 0 Å².